The van der Waals surface area contributed by atoms with E-state index >= 15 is 0 Å². The fourth-order valence-corrected chi connectivity index (χ4v) is 2.97. The summed E-state index contributed by atoms with van der Waals surface area (Å²) in [5, 5.41) is 0.442. The molecule has 1 amide bonds. The zero-order chi connectivity index (χ0) is 19.7. The Labute approximate surface area is 160 Å². The van der Waals surface area contributed by atoms with Crippen molar-refractivity contribution in [3.8, 4) is 11.4 Å². The monoisotopic (exact) mass is 374 g/mol. The van der Waals surface area contributed by atoms with Crippen molar-refractivity contribution >= 4 is 16.8 Å². The molecule has 138 valence electrons. The number of benzene rings is 3. The molecular weight excluding hydrogens is 357 g/mol. The SMILES string of the molecule is Cc1ccc(-c2[nH+]c3ccccc3c(=O)n2NC(=O)c2ccc(F)cc2)cc1. The van der Waals surface area contributed by atoms with Gasteiger partial charge in [-0.1, -0.05) is 34.5 Å². The average Bonchev–Trinajstić information content (AvgIpc) is 2.71. The summed E-state index contributed by atoms with van der Waals surface area (Å²) >= 11 is 0. The van der Waals surface area contributed by atoms with Gasteiger partial charge in [0, 0.05) is 5.56 Å². The molecule has 0 atom stereocenters. The number of nitrogens with one attached hydrogen (secondary N) is 2. The van der Waals surface area contributed by atoms with Gasteiger partial charge in [0.1, 0.15) is 16.7 Å². The van der Waals surface area contributed by atoms with Crippen LogP contribution in [0, 0.1) is 12.7 Å². The Morgan fingerprint density at radius 2 is 1.64 bits per heavy atom. The van der Waals surface area contributed by atoms with Gasteiger partial charge in [-0.05, 0) is 55.5 Å². The molecule has 0 saturated heterocycles. The number of hydrogen-bond donors (Lipinski definition) is 1. The maximum atomic E-state index is 13.1. The third-order valence-corrected chi connectivity index (χ3v) is 4.48. The molecule has 0 radical (unpaired) electrons. The van der Waals surface area contributed by atoms with Crippen molar-refractivity contribution in [3.05, 3.63) is 100 Å². The van der Waals surface area contributed by atoms with Gasteiger partial charge in [-0.25, -0.2) is 14.2 Å². The van der Waals surface area contributed by atoms with E-state index < -0.39 is 11.7 Å². The predicted octanol–water partition coefficient (Wildman–Crippen LogP) is 3.31. The maximum Gasteiger partial charge on any atom is 0.369 e. The van der Waals surface area contributed by atoms with E-state index in [0.29, 0.717) is 16.7 Å². The Morgan fingerprint density at radius 1 is 0.964 bits per heavy atom. The van der Waals surface area contributed by atoms with Gasteiger partial charge in [0.25, 0.3) is 5.91 Å². The fourth-order valence-electron chi connectivity index (χ4n) is 2.97. The van der Waals surface area contributed by atoms with Crippen molar-refractivity contribution in [2.45, 2.75) is 6.92 Å². The number of H-pyrrole nitrogens is 1. The van der Waals surface area contributed by atoms with Gasteiger partial charge in [0.05, 0.1) is 5.56 Å². The molecule has 4 rings (SSSR count). The highest BCUT2D eigenvalue weighted by molar-refractivity contribution is 6.00. The number of nitrogens with zero attached hydrogens (tertiary/aromatic N) is 1. The molecule has 0 aliphatic heterocycles. The van der Waals surface area contributed by atoms with Crippen LogP contribution in [0.1, 0.15) is 15.9 Å². The van der Waals surface area contributed by atoms with Crippen LogP contribution in [0.3, 0.4) is 0 Å². The Balaban J connectivity index is 1.87. The molecule has 0 spiro atoms. The van der Waals surface area contributed by atoms with Crippen LogP contribution in [-0.4, -0.2) is 10.6 Å². The van der Waals surface area contributed by atoms with Crippen LogP contribution in [0.5, 0.6) is 0 Å². The lowest BCUT2D eigenvalue weighted by molar-refractivity contribution is -0.337. The van der Waals surface area contributed by atoms with Crippen molar-refractivity contribution in [1.29, 1.82) is 0 Å². The lowest BCUT2D eigenvalue weighted by Gasteiger charge is -2.08. The predicted molar refractivity (Wildman–Crippen MR) is 105 cm³/mol. The maximum absolute atomic E-state index is 13.1. The second-order valence-electron chi connectivity index (χ2n) is 6.47. The van der Waals surface area contributed by atoms with Crippen molar-refractivity contribution < 1.29 is 14.2 Å². The second kappa shape index (κ2) is 7.08. The molecule has 0 aliphatic carbocycles. The van der Waals surface area contributed by atoms with Crippen LogP contribution in [0.4, 0.5) is 4.39 Å². The van der Waals surface area contributed by atoms with Crippen LogP contribution in [0.15, 0.2) is 77.6 Å². The lowest BCUT2D eigenvalue weighted by atomic mass is 10.1. The summed E-state index contributed by atoms with van der Waals surface area (Å²) in [6.45, 7) is 1.97. The van der Waals surface area contributed by atoms with Crippen molar-refractivity contribution in [1.82, 2.24) is 4.68 Å². The molecule has 5 nitrogen and oxygen atoms in total. The first kappa shape index (κ1) is 17.6. The summed E-state index contributed by atoms with van der Waals surface area (Å²) in [6, 6.07) is 19.8. The third kappa shape index (κ3) is 3.27. The number of aromatic amines is 1. The van der Waals surface area contributed by atoms with Gasteiger partial charge < -0.3 is 0 Å². The Hall–Kier alpha value is -3.80. The summed E-state index contributed by atoms with van der Waals surface area (Å²) in [4.78, 5) is 28.9. The molecule has 0 saturated carbocycles. The molecular formula is C22H17FN3O2+. The standard InChI is InChI=1S/C22H16FN3O2/c1-14-6-8-15(9-7-14)20-24-19-5-3-2-4-18(19)22(28)26(20)25-21(27)16-10-12-17(23)13-11-16/h2-13H,1H3,(H,25,27)/p+1. The largest absolute Gasteiger partial charge is 0.369 e. The van der Waals surface area contributed by atoms with E-state index in [4.69, 9.17) is 0 Å². The number of fused-ring (bicyclic) bond motifs is 1. The van der Waals surface area contributed by atoms with Gasteiger partial charge in [-0.15, -0.1) is 0 Å². The highest BCUT2D eigenvalue weighted by Gasteiger charge is 2.22. The number of aryl methyl sites for hydroxylation is 1. The molecule has 0 bridgehead atoms. The molecule has 2 N–H and O–H groups in total. The lowest BCUT2D eigenvalue weighted by Crippen LogP contribution is -2.38. The van der Waals surface area contributed by atoms with E-state index in [1.54, 1.807) is 18.2 Å². The summed E-state index contributed by atoms with van der Waals surface area (Å²) in [7, 11) is 0. The number of rotatable bonds is 3. The quantitative estimate of drug-likeness (QED) is 0.598. The van der Waals surface area contributed by atoms with E-state index in [1.807, 2.05) is 37.3 Å². The molecule has 1 heterocycles. The molecule has 28 heavy (non-hydrogen) atoms. The first-order chi connectivity index (χ1) is 13.5. The Bertz CT molecular complexity index is 1230. The smallest absolute Gasteiger partial charge is 0.266 e. The molecule has 6 heteroatoms. The van der Waals surface area contributed by atoms with E-state index in [0.717, 1.165) is 11.1 Å². The van der Waals surface area contributed by atoms with E-state index in [9.17, 15) is 14.0 Å². The van der Waals surface area contributed by atoms with Gasteiger partial charge in [0.15, 0.2) is 0 Å². The third-order valence-electron chi connectivity index (χ3n) is 4.48. The van der Waals surface area contributed by atoms with Crippen LogP contribution in [0.2, 0.25) is 0 Å². The van der Waals surface area contributed by atoms with E-state index in [1.165, 1.54) is 28.9 Å². The number of amides is 1. The molecule has 0 aliphatic rings. The fraction of sp³-hybridized carbons (Fsp3) is 0.0455. The number of hydrogen-bond acceptors (Lipinski definition) is 2. The van der Waals surface area contributed by atoms with Crippen LogP contribution < -0.4 is 16.0 Å². The van der Waals surface area contributed by atoms with Gasteiger partial charge in [-0.3, -0.25) is 4.79 Å². The topological polar surface area (TPSA) is 65.2 Å². The number of carbonyl (C=O) groups excluding carboxylic acids is 1. The molecule has 3 aromatic carbocycles. The van der Waals surface area contributed by atoms with Crippen LogP contribution in [-0.2, 0) is 0 Å². The van der Waals surface area contributed by atoms with Gasteiger partial charge in [-0.2, -0.15) is 5.43 Å². The number of carbonyl (C=O) groups is 1. The Morgan fingerprint density at radius 3 is 2.36 bits per heavy atom. The van der Waals surface area contributed by atoms with Crippen molar-refractivity contribution in [2.24, 2.45) is 0 Å². The van der Waals surface area contributed by atoms with E-state index in [2.05, 4.69) is 10.4 Å². The molecule has 4 aromatic rings. The first-order valence-electron chi connectivity index (χ1n) is 8.74. The van der Waals surface area contributed by atoms with Gasteiger partial charge in [0.2, 0.25) is 0 Å². The number of para-hydroxylation sites is 1. The van der Waals surface area contributed by atoms with E-state index in [-0.39, 0.29) is 11.1 Å². The summed E-state index contributed by atoms with van der Waals surface area (Å²) < 4.78 is 14.3. The van der Waals surface area contributed by atoms with Crippen LogP contribution in [0.25, 0.3) is 22.3 Å². The molecule has 0 fully saturated rings. The van der Waals surface area contributed by atoms with Crippen molar-refractivity contribution in [2.75, 3.05) is 5.43 Å². The first-order valence-corrected chi connectivity index (χ1v) is 8.74. The summed E-state index contributed by atoms with van der Waals surface area (Å²) in [5.74, 6) is -0.508. The summed E-state index contributed by atoms with van der Waals surface area (Å²) in [6.07, 6.45) is 0. The van der Waals surface area contributed by atoms with Crippen molar-refractivity contribution in [3.63, 3.8) is 0 Å². The average molecular weight is 374 g/mol. The Kier molecular flexibility index (Phi) is 4.45. The zero-order valence-electron chi connectivity index (χ0n) is 15.1. The molecule has 0 unspecified atom stereocenters. The highest BCUT2D eigenvalue weighted by Crippen LogP contribution is 2.16. The second-order valence-corrected chi connectivity index (χ2v) is 6.47. The van der Waals surface area contributed by atoms with Gasteiger partial charge >= 0.3 is 11.4 Å². The number of aromatic nitrogens is 2. The highest BCUT2D eigenvalue weighted by atomic mass is 19.1. The minimum Gasteiger partial charge on any atom is -0.266 e. The number of halogens is 1. The molecule has 1 aromatic heterocycles. The summed E-state index contributed by atoms with van der Waals surface area (Å²) in [5.41, 5.74) is 5.00. The minimum atomic E-state index is -0.515. The minimum absolute atomic E-state index is 0.247. The zero-order valence-corrected chi connectivity index (χ0v) is 15.1. The van der Waals surface area contributed by atoms with Crippen LogP contribution >= 0.6 is 0 Å². The normalized spacial score (nSPS) is 10.8.